The molecule has 0 heterocycles. The highest BCUT2D eigenvalue weighted by Gasteiger charge is 2.45. The third kappa shape index (κ3) is 28.4. The summed E-state index contributed by atoms with van der Waals surface area (Å²) in [5, 5.41) is 29.4. The molecule has 0 rings (SSSR count). The molecule has 282 valence electrons. The van der Waals surface area contributed by atoms with Gasteiger partial charge in [-0.05, 0) is 64.2 Å². The summed E-state index contributed by atoms with van der Waals surface area (Å²) in [4.78, 5) is 24.9. The SMILES string of the molecule is CCCCCCCC/C=C\CCCCCCCC(=O)OP(=O)(OC(=O)CCCCCCC/C=C\CCCCCCCC)C(O)C(O)CO. The van der Waals surface area contributed by atoms with Gasteiger partial charge in [0.1, 0.15) is 6.10 Å². The Morgan fingerprint density at radius 2 is 0.812 bits per heavy atom. The Kier molecular flexibility index (Phi) is 33.0. The van der Waals surface area contributed by atoms with Crippen LogP contribution in [0, 0.1) is 0 Å². The van der Waals surface area contributed by atoms with E-state index in [4.69, 9.17) is 9.05 Å². The van der Waals surface area contributed by atoms with Gasteiger partial charge in [0, 0.05) is 12.8 Å². The predicted molar refractivity (Wildman–Crippen MR) is 198 cm³/mol. The van der Waals surface area contributed by atoms with E-state index in [9.17, 15) is 29.5 Å². The van der Waals surface area contributed by atoms with Gasteiger partial charge in [0.25, 0.3) is 0 Å². The first kappa shape index (κ1) is 46.5. The highest BCUT2D eigenvalue weighted by Crippen LogP contribution is 2.54. The average Bonchev–Trinajstić information content (AvgIpc) is 3.07. The van der Waals surface area contributed by atoms with Gasteiger partial charge in [0.15, 0.2) is 0 Å². The molecule has 0 bridgehead atoms. The normalized spacial score (nSPS) is 13.4. The van der Waals surface area contributed by atoms with E-state index in [1.54, 1.807) is 0 Å². The Hall–Kier alpha value is -1.47. The van der Waals surface area contributed by atoms with E-state index in [2.05, 4.69) is 38.2 Å². The number of carbonyl (C=O) groups excluding carboxylic acids is 2. The van der Waals surface area contributed by atoms with Crippen molar-refractivity contribution in [1.82, 2.24) is 0 Å². The molecule has 0 saturated heterocycles. The molecule has 0 aromatic carbocycles. The molecule has 0 amide bonds. The molecule has 9 heteroatoms. The number of hydrogen-bond donors (Lipinski definition) is 3. The summed E-state index contributed by atoms with van der Waals surface area (Å²) in [6.45, 7) is 3.54. The molecule has 0 aromatic rings. The molecule has 2 atom stereocenters. The topological polar surface area (TPSA) is 130 Å². The molecule has 2 unspecified atom stereocenters. The fraction of sp³-hybridized carbons (Fsp3) is 0.846. The van der Waals surface area contributed by atoms with Crippen LogP contribution in [0.1, 0.15) is 194 Å². The van der Waals surface area contributed by atoms with Crippen molar-refractivity contribution in [2.24, 2.45) is 0 Å². The molecule has 3 N–H and O–H groups in total. The Labute approximate surface area is 294 Å². The first-order valence-corrected chi connectivity index (χ1v) is 21.2. The molecule has 0 aliphatic carbocycles. The second-order valence-corrected chi connectivity index (χ2v) is 15.3. The third-order valence-corrected chi connectivity index (χ3v) is 10.5. The number of allylic oxidation sites excluding steroid dienone is 4. The number of rotatable bonds is 35. The van der Waals surface area contributed by atoms with Crippen LogP contribution in [0.25, 0.3) is 0 Å². The molecule has 0 saturated carbocycles. The number of unbranched alkanes of at least 4 members (excludes halogenated alkanes) is 22. The summed E-state index contributed by atoms with van der Waals surface area (Å²) in [6, 6.07) is 0. The molecule has 0 aliphatic rings. The summed E-state index contributed by atoms with van der Waals surface area (Å²) in [6.07, 6.45) is 36.0. The zero-order chi connectivity index (χ0) is 35.6. The van der Waals surface area contributed by atoms with E-state index >= 15 is 0 Å². The van der Waals surface area contributed by atoms with E-state index in [1.807, 2.05) is 0 Å². The van der Waals surface area contributed by atoms with Crippen molar-refractivity contribution in [2.75, 3.05) is 6.61 Å². The van der Waals surface area contributed by atoms with Crippen molar-refractivity contribution in [3.63, 3.8) is 0 Å². The van der Waals surface area contributed by atoms with Crippen LogP contribution in [0.15, 0.2) is 24.3 Å². The van der Waals surface area contributed by atoms with Crippen LogP contribution < -0.4 is 0 Å². The maximum atomic E-state index is 13.2. The van der Waals surface area contributed by atoms with E-state index < -0.39 is 38.1 Å². The minimum atomic E-state index is -4.74. The molecule has 0 fully saturated rings. The monoisotopic (exact) mass is 701 g/mol. The minimum Gasteiger partial charge on any atom is -0.394 e. The van der Waals surface area contributed by atoms with Gasteiger partial charge in [-0.1, -0.05) is 141 Å². The lowest BCUT2D eigenvalue weighted by Crippen LogP contribution is -2.32. The summed E-state index contributed by atoms with van der Waals surface area (Å²) in [5.41, 5.74) is 0. The zero-order valence-corrected chi connectivity index (χ0v) is 31.7. The molecule has 0 aromatic heterocycles. The Morgan fingerprint density at radius 1 is 0.521 bits per heavy atom. The fourth-order valence-electron chi connectivity index (χ4n) is 5.49. The van der Waals surface area contributed by atoms with Crippen LogP contribution in [0.4, 0.5) is 0 Å². The van der Waals surface area contributed by atoms with Gasteiger partial charge >= 0.3 is 19.5 Å². The largest absolute Gasteiger partial charge is 0.466 e. The lowest BCUT2D eigenvalue weighted by Gasteiger charge is -2.24. The number of hydrogen-bond acceptors (Lipinski definition) is 8. The highest BCUT2D eigenvalue weighted by atomic mass is 31.2. The maximum Gasteiger partial charge on any atom is 0.466 e. The van der Waals surface area contributed by atoms with E-state index in [1.165, 1.54) is 77.0 Å². The number of aliphatic hydroxyl groups is 3. The average molecular weight is 701 g/mol. The lowest BCUT2D eigenvalue weighted by molar-refractivity contribution is -0.140. The number of aliphatic hydroxyl groups excluding tert-OH is 3. The summed E-state index contributed by atoms with van der Waals surface area (Å²) >= 11 is 0. The van der Waals surface area contributed by atoms with Gasteiger partial charge in [0.05, 0.1) is 6.61 Å². The van der Waals surface area contributed by atoms with Crippen LogP contribution in [0.2, 0.25) is 0 Å². The molecule has 0 spiro atoms. The van der Waals surface area contributed by atoms with Crippen molar-refractivity contribution < 1.29 is 38.5 Å². The van der Waals surface area contributed by atoms with Crippen molar-refractivity contribution in [2.45, 2.75) is 206 Å². The molecular weight excluding hydrogens is 627 g/mol. The summed E-state index contributed by atoms with van der Waals surface area (Å²) < 4.78 is 23.2. The fourth-order valence-corrected chi connectivity index (χ4v) is 7.01. The van der Waals surface area contributed by atoms with E-state index in [-0.39, 0.29) is 12.8 Å². The van der Waals surface area contributed by atoms with Gasteiger partial charge in [-0.15, -0.1) is 0 Å². The second kappa shape index (κ2) is 34.0. The standard InChI is InChI=1S/C39H73O8P/c1-3-5-7-9-11-13-15-17-19-21-23-25-27-29-31-33-37(42)46-48(45,39(44)36(41)35-40)47-38(43)34-32-30-28-26-24-22-20-18-16-14-12-10-8-6-4-2/h17-20,36,39-41,44H,3-16,21-35H2,1-2H3/b19-17-,20-18-. The maximum absolute atomic E-state index is 13.2. The molecular formula is C39H73O8P. The van der Waals surface area contributed by atoms with Gasteiger partial charge < -0.3 is 24.4 Å². The van der Waals surface area contributed by atoms with E-state index in [0.717, 1.165) is 77.0 Å². The number of carbonyl (C=O) groups is 2. The van der Waals surface area contributed by atoms with Crippen LogP contribution in [0.3, 0.4) is 0 Å². The molecule has 0 aliphatic heterocycles. The second-order valence-electron chi connectivity index (χ2n) is 13.3. The van der Waals surface area contributed by atoms with Crippen molar-refractivity contribution in [1.29, 1.82) is 0 Å². The van der Waals surface area contributed by atoms with Crippen molar-refractivity contribution >= 4 is 19.5 Å². The van der Waals surface area contributed by atoms with Crippen LogP contribution in [-0.2, 0) is 23.2 Å². The van der Waals surface area contributed by atoms with Gasteiger partial charge in [-0.25, -0.2) is 4.57 Å². The van der Waals surface area contributed by atoms with Crippen LogP contribution in [-0.4, -0.2) is 45.8 Å². The van der Waals surface area contributed by atoms with Crippen LogP contribution in [0.5, 0.6) is 0 Å². The van der Waals surface area contributed by atoms with Crippen molar-refractivity contribution in [3.05, 3.63) is 24.3 Å². The van der Waals surface area contributed by atoms with Gasteiger partial charge in [0.2, 0.25) is 5.85 Å². The minimum absolute atomic E-state index is 0.0458. The Morgan fingerprint density at radius 3 is 1.12 bits per heavy atom. The first-order valence-electron chi connectivity index (χ1n) is 19.6. The zero-order valence-electron chi connectivity index (χ0n) is 30.8. The molecule has 48 heavy (non-hydrogen) atoms. The first-order chi connectivity index (χ1) is 23.3. The third-order valence-electron chi connectivity index (χ3n) is 8.60. The molecule has 0 radical (unpaired) electrons. The summed E-state index contributed by atoms with van der Waals surface area (Å²) in [5.74, 6) is -3.94. The Balaban J connectivity index is 4.18. The Bertz CT molecular complexity index is 801. The lowest BCUT2D eigenvalue weighted by atomic mass is 10.1. The van der Waals surface area contributed by atoms with E-state index in [0.29, 0.717) is 12.8 Å². The van der Waals surface area contributed by atoms with Crippen LogP contribution >= 0.6 is 7.60 Å². The molecule has 8 nitrogen and oxygen atoms in total. The summed E-state index contributed by atoms with van der Waals surface area (Å²) in [7, 11) is -4.74. The van der Waals surface area contributed by atoms with Gasteiger partial charge in [-0.2, -0.15) is 0 Å². The quantitative estimate of drug-likeness (QED) is 0.0338. The predicted octanol–water partition coefficient (Wildman–Crippen LogP) is 11.0. The van der Waals surface area contributed by atoms with Crippen molar-refractivity contribution in [3.8, 4) is 0 Å². The smallest absolute Gasteiger partial charge is 0.394 e. The van der Waals surface area contributed by atoms with Gasteiger partial charge in [-0.3, -0.25) is 9.59 Å². The highest BCUT2D eigenvalue weighted by molar-refractivity contribution is 7.55.